The molecule has 104 valence electrons. The molecule has 0 radical (unpaired) electrons. The van der Waals surface area contributed by atoms with E-state index in [1.54, 1.807) is 7.11 Å². The summed E-state index contributed by atoms with van der Waals surface area (Å²) >= 11 is 0. The Labute approximate surface area is 116 Å². The van der Waals surface area contributed by atoms with Crippen LogP contribution in [0.4, 0.5) is 0 Å². The Bertz CT molecular complexity index is 597. The highest BCUT2D eigenvalue weighted by molar-refractivity contribution is 5.92. The minimum atomic E-state index is -0.0730. The van der Waals surface area contributed by atoms with Gasteiger partial charge in [0.1, 0.15) is 5.75 Å². The average molecular weight is 272 g/mol. The smallest absolute Gasteiger partial charge is 0.276 e. The number of methoxy groups -OCH3 is 1. The van der Waals surface area contributed by atoms with Crippen LogP contribution >= 0.6 is 0 Å². The zero-order valence-corrected chi connectivity index (χ0v) is 11.2. The van der Waals surface area contributed by atoms with E-state index >= 15 is 0 Å². The molecule has 2 aromatic rings. The third-order valence-corrected chi connectivity index (χ3v) is 3.69. The number of carbonyl (C=O) groups excluding carboxylic acids is 1. The molecule has 1 aromatic heterocycles. The Morgan fingerprint density at radius 2 is 2.30 bits per heavy atom. The molecule has 1 aromatic carbocycles. The minimum Gasteiger partial charge on any atom is -0.496 e. The van der Waals surface area contributed by atoms with Crippen LogP contribution in [0.2, 0.25) is 0 Å². The van der Waals surface area contributed by atoms with Crippen LogP contribution in [0.1, 0.15) is 28.4 Å². The lowest BCUT2D eigenvalue weighted by Gasteiger charge is -2.16. The topological polar surface area (TPSA) is 71.1 Å². The van der Waals surface area contributed by atoms with Crippen molar-refractivity contribution in [2.24, 2.45) is 0 Å². The van der Waals surface area contributed by atoms with E-state index in [4.69, 9.17) is 4.74 Å². The molecule has 0 aliphatic carbocycles. The summed E-state index contributed by atoms with van der Waals surface area (Å²) in [5, 5.41) is 9.98. The van der Waals surface area contributed by atoms with Gasteiger partial charge < -0.3 is 9.64 Å². The number of rotatable bonds is 3. The Morgan fingerprint density at radius 3 is 3.05 bits per heavy atom. The highest BCUT2D eigenvalue weighted by Crippen LogP contribution is 2.33. The van der Waals surface area contributed by atoms with Crippen LogP contribution in [0.5, 0.6) is 5.75 Å². The highest BCUT2D eigenvalue weighted by Gasteiger charge is 2.30. The molecule has 1 atom stereocenters. The molecule has 6 nitrogen and oxygen atoms in total. The monoisotopic (exact) mass is 272 g/mol. The molecular weight excluding hydrogens is 256 g/mol. The zero-order chi connectivity index (χ0) is 13.9. The van der Waals surface area contributed by atoms with Gasteiger partial charge >= 0.3 is 0 Å². The fourth-order valence-electron chi connectivity index (χ4n) is 2.67. The van der Waals surface area contributed by atoms with Gasteiger partial charge in [-0.2, -0.15) is 15.4 Å². The second-order valence-corrected chi connectivity index (χ2v) is 4.83. The molecule has 0 bridgehead atoms. The standard InChI is InChI=1S/C14H16N4O2/c1-20-13-5-3-2-4-11(13)10-6-7-18(9-10)14(19)12-8-15-17-16-12/h2-5,8,10H,6-7,9H2,1H3,(H,15,16,17). The number of ether oxygens (including phenoxy) is 1. The van der Waals surface area contributed by atoms with E-state index in [1.807, 2.05) is 23.1 Å². The molecule has 0 spiro atoms. The number of aromatic nitrogens is 3. The molecule has 1 aliphatic rings. The van der Waals surface area contributed by atoms with Gasteiger partial charge in [0.05, 0.1) is 13.3 Å². The maximum Gasteiger partial charge on any atom is 0.276 e. The van der Waals surface area contributed by atoms with Crippen LogP contribution in [0.25, 0.3) is 0 Å². The first-order valence-electron chi connectivity index (χ1n) is 6.57. The molecule has 1 unspecified atom stereocenters. The number of hydrogen-bond donors (Lipinski definition) is 1. The van der Waals surface area contributed by atoms with Crippen LogP contribution < -0.4 is 4.74 Å². The molecule has 2 heterocycles. The summed E-state index contributed by atoms with van der Waals surface area (Å²) in [5.41, 5.74) is 1.52. The molecule has 0 saturated carbocycles. The fourth-order valence-corrected chi connectivity index (χ4v) is 2.67. The number of aromatic amines is 1. The van der Waals surface area contributed by atoms with Crippen molar-refractivity contribution >= 4 is 5.91 Å². The lowest BCUT2D eigenvalue weighted by atomic mass is 9.97. The van der Waals surface area contributed by atoms with Crippen molar-refractivity contribution in [1.29, 1.82) is 0 Å². The first-order valence-corrected chi connectivity index (χ1v) is 6.57. The van der Waals surface area contributed by atoms with Gasteiger partial charge in [0.25, 0.3) is 5.91 Å². The summed E-state index contributed by atoms with van der Waals surface area (Å²) in [6.07, 6.45) is 2.39. The number of nitrogens with zero attached hydrogens (tertiary/aromatic N) is 3. The number of benzene rings is 1. The molecule has 1 N–H and O–H groups in total. The maximum absolute atomic E-state index is 12.2. The second-order valence-electron chi connectivity index (χ2n) is 4.83. The summed E-state index contributed by atoms with van der Waals surface area (Å²) in [6, 6.07) is 7.97. The second kappa shape index (κ2) is 5.32. The van der Waals surface area contributed by atoms with Crippen LogP contribution in [0.3, 0.4) is 0 Å². The Hall–Kier alpha value is -2.37. The summed E-state index contributed by atoms with van der Waals surface area (Å²) in [5.74, 6) is 1.12. The zero-order valence-electron chi connectivity index (χ0n) is 11.2. The van der Waals surface area contributed by atoms with Crippen molar-refractivity contribution < 1.29 is 9.53 Å². The summed E-state index contributed by atoms with van der Waals surface area (Å²) in [7, 11) is 1.67. The lowest BCUT2D eigenvalue weighted by Crippen LogP contribution is -2.28. The average Bonchev–Trinajstić information content (AvgIpc) is 3.18. The van der Waals surface area contributed by atoms with E-state index in [0.29, 0.717) is 18.2 Å². The van der Waals surface area contributed by atoms with E-state index in [0.717, 1.165) is 24.3 Å². The maximum atomic E-state index is 12.2. The summed E-state index contributed by atoms with van der Waals surface area (Å²) < 4.78 is 5.39. The SMILES string of the molecule is COc1ccccc1C1CCN(C(=O)c2cn[nH]n2)C1. The molecule has 1 amide bonds. The van der Waals surface area contributed by atoms with Crippen LogP contribution in [0.15, 0.2) is 30.5 Å². The lowest BCUT2D eigenvalue weighted by molar-refractivity contribution is 0.0785. The Balaban J connectivity index is 1.75. The van der Waals surface area contributed by atoms with Gasteiger partial charge in [0.15, 0.2) is 5.69 Å². The van der Waals surface area contributed by atoms with Crippen molar-refractivity contribution in [2.45, 2.75) is 12.3 Å². The van der Waals surface area contributed by atoms with E-state index in [2.05, 4.69) is 21.5 Å². The molecule has 1 aliphatic heterocycles. The summed E-state index contributed by atoms with van der Waals surface area (Å²) in [6.45, 7) is 1.42. The minimum absolute atomic E-state index is 0.0730. The number of likely N-dealkylation sites (tertiary alicyclic amines) is 1. The van der Waals surface area contributed by atoms with Crippen molar-refractivity contribution in [3.8, 4) is 5.75 Å². The molecule has 1 saturated heterocycles. The van der Waals surface area contributed by atoms with E-state index < -0.39 is 0 Å². The van der Waals surface area contributed by atoms with Crippen molar-refractivity contribution in [3.63, 3.8) is 0 Å². The third-order valence-electron chi connectivity index (χ3n) is 3.69. The van der Waals surface area contributed by atoms with Gasteiger partial charge in [-0.05, 0) is 18.1 Å². The quantitative estimate of drug-likeness (QED) is 0.917. The number of nitrogens with one attached hydrogen (secondary N) is 1. The third kappa shape index (κ3) is 2.24. The predicted octanol–water partition coefficient (Wildman–Crippen LogP) is 1.44. The number of amides is 1. The number of H-pyrrole nitrogens is 1. The fraction of sp³-hybridized carbons (Fsp3) is 0.357. The molecule has 3 rings (SSSR count). The van der Waals surface area contributed by atoms with Crippen molar-refractivity contribution in [2.75, 3.05) is 20.2 Å². The van der Waals surface area contributed by atoms with Crippen LogP contribution in [0, 0.1) is 0 Å². The molecule has 1 fully saturated rings. The van der Waals surface area contributed by atoms with Gasteiger partial charge in [-0.1, -0.05) is 18.2 Å². The largest absolute Gasteiger partial charge is 0.496 e. The van der Waals surface area contributed by atoms with E-state index in [-0.39, 0.29) is 5.91 Å². The first kappa shape index (κ1) is 12.7. The number of para-hydroxylation sites is 1. The first-order chi connectivity index (χ1) is 9.79. The molecule has 6 heteroatoms. The van der Waals surface area contributed by atoms with Gasteiger partial charge in [-0.25, -0.2) is 0 Å². The summed E-state index contributed by atoms with van der Waals surface area (Å²) in [4.78, 5) is 14.0. The van der Waals surface area contributed by atoms with E-state index in [9.17, 15) is 4.79 Å². The van der Waals surface area contributed by atoms with Gasteiger partial charge in [-0.3, -0.25) is 4.79 Å². The van der Waals surface area contributed by atoms with Gasteiger partial charge in [-0.15, -0.1) is 0 Å². The van der Waals surface area contributed by atoms with E-state index in [1.165, 1.54) is 6.20 Å². The molecular formula is C14H16N4O2. The Kier molecular flexibility index (Phi) is 3.37. The highest BCUT2D eigenvalue weighted by atomic mass is 16.5. The van der Waals surface area contributed by atoms with Crippen LogP contribution in [-0.4, -0.2) is 46.4 Å². The number of hydrogen-bond acceptors (Lipinski definition) is 4. The van der Waals surface area contributed by atoms with Gasteiger partial charge in [0, 0.05) is 19.0 Å². The van der Waals surface area contributed by atoms with Crippen LogP contribution in [-0.2, 0) is 0 Å². The normalized spacial score (nSPS) is 18.2. The van der Waals surface area contributed by atoms with Crippen molar-refractivity contribution in [1.82, 2.24) is 20.3 Å². The Morgan fingerprint density at radius 1 is 1.45 bits per heavy atom. The van der Waals surface area contributed by atoms with Gasteiger partial charge in [0.2, 0.25) is 0 Å². The molecule has 20 heavy (non-hydrogen) atoms. The predicted molar refractivity (Wildman–Crippen MR) is 72.6 cm³/mol. The van der Waals surface area contributed by atoms with Crippen molar-refractivity contribution in [3.05, 3.63) is 41.7 Å². The number of carbonyl (C=O) groups is 1.